The van der Waals surface area contributed by atoms with Gasteiger partial charge < -0.3 is 23.4 Å². The molecule has 19 rings (SSSR count). The molecule has 17 aromatic rings. The monoisotopic (exact) mass is 1320 g/mol. The van der Waals surface area contributed by atoms with E-state index in [9.17, 15) is 8.22 Å². The van der Waals surface area contributed by atoms with Crippen LogP contribution in [0.1, 0.15) is 90.0 Å². The summed E-state index contributed by atoms with van der Waals surface area (Å²) in [5.41, 5.74) is 24.6. The molecular formula is C96H77BN4O. The largest absolute Gasteiger partial charge is 0.456 e. The van der Waals surface area contributed by atoms with E-state index >= 15 is 0 Å². The van der Waals surface area contributed by atoms with Crippen LogP contribution in [0, 0.1) is 0 Å². The summed E-state index contributed by atoms with van der Waals surface area (Å²) in [6, 6.07) is 88.7. The topological polar surface area (TPSA) is 29.5 Å². The molecule has 0 saturated carbocycles. The fraction of sp³-hybridized carbons (Fsp3) is 0.125. The molecule has 6 heteroatoms. The highest BCUT2D eigenvalue weighted by atomic mass is 16.3. The highest BCUT2D eigenvalue weighted by Gasteiger charge is 2.46. The molecule has 0 bridgehead atoms. The molecule has 0 atom stereocenters. The average molecular weight is 1320 g/mol. The molecule has 5 nitrogen and oxygen atoms in total. The maximum Gasteiger partial charge on any atom is 0.252 e. The van der Waals surface area contributed by atoms with Crippen molar-refractivity contribution in [2.24, 2.45) is 0 Å². The first-order chi connectivity index (χ1) is 52.8. The molecule has 0 amide bonds. The van der Waals surface area contributed by atoms with Crippen molar-refractivity contribution in [1.29, 1.82) is 0 Å². The summed E-state index contributed by atoms with van der Waals surface area (Å²) in [6.45, 7) is 19.8. The molecule has 3 aromatic heterocycles. The molecule has 14 aromatic carbocycles. The molecule has 0 N–H and O–H groups in total. The first-order valence-corrected chi connectivity index (χ1v) is 35.3. The van der Waals surface area contributed by atoms with E-state index in [1.807, 2.05) is 42.5 Å². The summed E-state index contributed by atoms with van der Waals surface area (Å²) < 4.78 is 86.6. The van der Waals surface area contributed by atoms with Crippen LogP contribution in [0.5, 0.6) is 0 Å². The van der Waals surface area contributed by atoms with Crippen molar-refractivity contribution in [3.8, 4) is 55.9 Å². The highest BCUT2D eigenvalue weighted by molar-refractivity contribution is 7.00. The lowest BCUT2D eigenvalue weighted by Crippen LogP contribution is -2.61. The Labute approximate surface area is 608 Å². The Morgan fingerprint density at radius 3 is 1.51 bits per heavy atom. The zero-order chi connectivity index (χ0) is 76.0. The van der Waals surface area contributed by atoms with Crippen LogP contribution in [0.4, 0.5) is 34.1 Å². The lowest BCUT2D eigenvalue weighted by Gasteiger charge is -2.45. The van der Waals surface area contributed by atoms with E-state index in [4.69, 9.17) is 7.16 Å². The third kappa shape index (κ3) is 9.67. The Morgan fingerprint density at radius 1 is 0.314 bits per heavy atom. The normalized spacial score (nSPS) is 14.2. The van der Waals surface area contributed by atoms with Gasteiger partial charge in [-0.15, -0.1) is 0 Å². The van der Waals surface area contributed by atoms with Crippen LogP contribution in [-0.2, 0) is 16.2 Å². The van der Waals surface area contributed by atoms with E-state index in [0.29, 0.717) is 16.9 Å². The van der Waals surface area contributed by atoms with Gasteiger partial charge in [-0.05, 0) is 173 Å². The summed E-state index contributed by atoms with van der Waals surface area (Å²) in [6.07, 6.45) is 0. The van der Waals surface area contributed by atoms with Crippen molar-refractivity contribution in [2.75, 3.05) is 9.80 Å². The van der Waals surface area contributed by atoms with Crippen LogP contribution in [0.25, 0.3) is 121 Å². The quantitative estimate of drug-likeness (QED) is 0.142. The van der Waals surface area contributed by atoms with Crippen LogP contribution in [0.3, 0.4) is 0 Å². The van der Waals surface area contributed by atoms with Crippen LogP contribution in [0.15, 0.2) is 308 Å². The number of benzene rings is 14. The molecule has 102 heavy (non-hydrogen) atoms. The molecule has 2 aliphatic heterocycles. The van der Waals surface area contributed by atoms with Gasteiger partial charge >= 0.3 is 0 Å². The molecule has 2 aliphatic rings. The maximum atomic E-state index is 9.83. The Balaban J connectivity index is 1.01. The van der Waals surface area contributed by atoms with Gasteiger partial charge in [-0.2, -0.15) is 0 Å². The lowest BCUT2D eigenvalue weighted by atomic mass is 9.33. The number of anilines is 6. The SMILES string of the molecule is [2H]c1c([2H])c([2H])c2c(c1[2H])c1c([2H])c([2H])c([2H])c([2H])c1n2-c1ccc2c(c1)N(c1cc(-c3ccccc3)cc3oc4ccccc4c13)c1cc(-c3ccc(C(C)(C)C)cc3)cc3c1B2c1ccc(-c2cccc(C(C)(C)C)c2)cc1N3c1c(-c2ccccc2)ccc2c1c1ccccc1n2-c1ccc(C(C)(C)C)cc1. The summed E-state index contributed by atoms with van der Waals surface area (Å²) in [4.78, 5) is 4.98. The second-order valence-corrected chi connectivity index (χ2v) is 30.7. The number of hydrogen-bond donors (Lipinski definition) is 0. The molecule has 0 radical (unpaired) electrons. The van der Waals surface area contributed by atoms with Crippen LogP contribution >= 0.6 is 0 Å². The van der Waals surface area contributed by atoms with Gasteiger partial charge in [0.1, 0.15) is 11.2 Å². The third-order valence-corrected chi connectivity index (χ3v) is 21.4. The minimum Gasteiger partial charge on any atom is -0.456 e. The summed E-state index contributed by atoms with van der Waals surface area (Å²) in [5.74, 6) is 0. The summed E-state index contributed by atoms with van der Waals surface area (Å²) >= 11 is 0. The minimum atomic E-state index is -0.512. The van der Waals surface area contributed by atoms with Crippen molar-refractivity contribution >= 4 is 123 Å². The molecule has 5 heterocycles. The Kier molecular flexibility index (Phi) is 11.9. The van der Waals surface area contributed by atoms with Crippen molar-refractivity contribution in [3.05, 3.63) is 320 Å². The van der Waals surface area contributed by atoms with E-state index < -0.39 is 43.0 Å². The summed E-state index contributed by atoms with van der Waals surface area (Å²) in [7, 11) is 0. The van der Waals surface area contributed by atoms with Gasteiger partial charge in [0.05, 0.1) is 49.8 Å². The number of nitrogens with zero attached hydrogens (tertiary/aromatic N) is 4. The smallest absolute Gasteiger partial charge is 0.252 e. The minimum absolute atomic E-state index is 0.00317. The average Bonchev–Trinajstić information content (AvgIpc) is 1.09. The molecular weight excluding hydrogens is 1240 g/mol. The molecule has 0 fully saturated rings. The number of hydrogen-bond acceptors (Lipinski definition) is 3. The number of fused-ring (bicyclic) bond motifs is 13. The van der Waals surface area contributed by atoms with Crippen molar-refractivity contribution in [2.45, 2.75) is 78.6 Å². The molecule has 0 saturated heterocycles. The number of para-hydroxylation sites is 4. The molecule has 0 unspecified atom stereocenters. The van der Waals surface area contributed by atoms with E-state index in [2.05, 4.69) is 289 Å². The van der Waals surface area contributed by atoms with Gasteiger partial charge in [0.25, 0.3) is 6.71 Å². The predicted octanol–water partition coefficient (Wildman–Crippen LogP) is 24.4. The van der Waals surface area contributed by atoms with Gasteiger partial charge in [0, 0.05) is 66.6 Å². The van der Waals surface area contributed by atoms with Crippen LogP contribution in [-0.4, -0.2) is 15.8 Å². The van der Waals surface area contributed by atoms with Crippen molar-refractivity contribution < 1.29 is 15.4 Å². The second kappa shape index (κ2) is 22.8. The zero-order valence-electron chi connectivity index (χ0n) is 66.5. The van der Waals surface area contributed by atoms with Gasteiger partial charge in [0.2, 0.25) is 0 Å². The van der Waals surface area contributed by atoms with Crippen molar-refractivity contribution in [1.82, 2.24) is 9.13 Å². The summed E-state index contributed by atoms with van der Waals surface area (Å²) in [5, 5.41) is 3.92. The second-order valence-electron chi connectivity index (χ2n) is 30.7. The van der Waals surface area contributed by atoms with E-state index in [0.717, 1.165) is 133 Å². The van der Waals surface area contributed by atoms with Crippen LogP contribution in [0.2, 0.25) is 0 Å². The van der Waals surface area contributed by atoms with E-state index in [1.165, 1.54) is 16.7 Å². The van der Waals surface area contributed by atoms with Gasteiger partial charge in [-0.25, -0.2) is 0 Å². The zero-order valence-corrected chi connectivity index (χ0v) is 58.5. The first-order valence-electron chi connectivity index (χ1n) is 39.3. The highest BCUT2D eigenvalue weighted by Crippen LogP contribution is 2.55. The number of furan rings is 1. The lowest BCUT2D eigenvalue weighted by molar-refractivity contribution is 0.590. The van der Waals surface area contributed by atoms with Crippen LogP contribution < -0.4 is 26.2 Å². The molecule has 490 valence electrons. The predicted molar refractivity (Wildman–Crippen MR) is 434 cm³/mol. The Morgan fingerprint density at radius 2 is 0.824 bits per heavy atom. The van der Waals surface area contributed by atoms with Crippen molar-refractivity contribution in [3.63, 3.8) is 0 Å². The van der Waals surface area contributed by atoms with Gasteiger partial charge in [0.15, 0.2) is 0 Å². The standard InChI is InChI=1S/C96H77BN4O/c1-94(2,3)67-42-39-61(40-43-67)65-56-86-92-87(57-65)101(93-72(62-27-14-11-15-28-62)49-52-82-91(93)75-33-18-22-37-81(75)98(82)70-46-44-68(45-47-70)95(4,5)6)83-54-64(63-29-24-30-69(53-63)96(7,8)9)41-50-77(83)97(92)78-51-48-71(99-79-35-20-16-31-73(79)74-32-17-21-36-80(74)99)59-84(78)100(86)85-55-66(60-25-12-10-13-26-60)58-89-90(85)76-34-19-23-38-88(76)102-89/h10-59H,1-9H3/i16D,17D,20D,21D,31D,32D,35D,36D. The number of rotatable bonds is 8. The van der Waals surface area contributed by atoms with Gasteiger partial charge in [-0.3, -0.25) is 0 Å². The van der Waals surface area contributed by atoms with Gasteiger partial charge in [-0.1, -0.05) is 281 Å². The fourth-order valence-corrected chi connectivity index (χ4v) is 16.3. The molecule has 0 aliphatic carbocycles. The van der Waals surface area contributed by atoms with E-state index in [-0.39, 0.29) is 50.1 Å². The maximum absolute atomic E-state index is 9.83. The van der Waals surface area contributed by atoms with E-state index in [1.54, 1.807) is 4.57 Å². The third-order valence-electron chi connectivity index (χ3n) is 21.4. The fourth-order valence-electron chi connectivity index (χ4n) is 16.3. The first kappa shape index (κ1) is 53.1. The number of aromatic nitrogens is 2. The molecule has 0 spiro atoms. The Hall–Kier alpha value is -11.9. The Bertz CT molecular complexity index is 6680.